The maximum atomic E-state index is 11.2. The Kier molecular flexibility index (Phi) is 5.85. The van der Waals surface area contributed by atoms with Crippen LogP contribution in [0.3, 0.4) is 0 Å². The van der Waals surface area contributed by atoms with Crippen LogP contribution in [0.15, 0.2) is 48.5 Å². The van der Waals surface area contributed by atoms with Gasteiger partial charge in [-0.05, 0) is 49.2 Å². The van der Waals surface area contributed by atoms with E-state index >= 15 is 0 Å². The summed E-state index contributed by atoms with van der Waals surface area (Å²) < 4.78 is 30.3. The van der Waals surface area contributed by atoms with Crippen LogP contribution in [-0.2, 0) is 14.8 Å². The zero-order valence-corrected chi connectivity index (χ0v) is 15.2. The Morgan fingerprint density at radius 3 is 2.21 bits per heavy atom. The standard InChI is InChI=1S/C18H24N2O3S/c1-13(15-8-10-17(11-9-15)20-24(4,21)22)19-18-7-5-6-16(12-18)14(2)23-3/h5-14,19-20H,1-4H3/t13-,14+/m1/s1. The number of methoxy groups -OCH3 is 1. The molecule has 24 heavy (non-hydrogen) atoms. The van der Waals surface area contributed by atoms with Crippen LogP contribution < -0.4 is 10.0 Å². The first-order chi connectivity index (χ1) is 11.3. The monoisotopic (exact) mass is 348 g/mol. The number of nitrogens with one attached hydrogen (secondary N) is 2. The zero-order valence-electron chi connectivity index (χ0n) is 14.4. The van der Waals surface area contributed by atoms with Crippen molar-refractivity contribution in [3.63, 3.8) is 0 Å². The second kappa shape index (κ2) is 7.68. The summed E-state index contributed by atoms with van der Waals surface area (Å²) in [5.74, 6) is 0. The van der Waals surface area contributed by atoms with Crippen molar-refractivity contribution in [1.29, 1.82) is 0 Å². The number of hydrogen-bond acceptors (Lipinski definition) is 4. The third-order valence-electron chi connectivity index (χ3n) is 3.81. The van der Waals surface area contributed by atoms with Gasteiger partial charge in [0.1, 0.15) is 0 Å². The molecule has 2 rings (SSSR count). The van der Waals surface area contributed by atoms with Crippen molar-refractivity contribution >= 4 is 21.4 Å². The van der Waals surface area contributed by atoms with Crippen LogP contribution in [0.4, 0.5) is 11.4 Å². The number of sulfonamides is 1. The Morgan fingerprint density at radius 1 is 0.958 bits per heavy atom. The van der Waals surface area contributed by atoms with Crippen LogP contribution in [0.1, 0.15) is 37.1 Å². The molecule has 0 aromatic heterocycles. The summed E-state index contributed by atoms with van der Waals surface area (Å²) in [7, 11) is -1.56. The molecule has 0 aliphatic rings. The molecule has 0 radical (unpaired) electrons. The highest BCUT2D eigenvalue weighted by atomic mass is 32.2. The fourth-order valence-corrected chi connectivity index (χ4v) is 2.97. The van der Waals surface area contributed by atoms with Gasteiger partial charge in [-0.2, -0.15) is 0 Å². The Labute approximate surface area is 144 Å². The summed E-state index contributed by atoms with van der Waals surface area (Å²) in [5, 5.41) is 3.45. The molecule has 6 heteroatoms. The Bertz CT molecular complexity index is 773. The third-order valence-corrected chi connectivity index (χ3v) is 4.41. The van der Waals surface area contributed by atoms with Gasteiger partial charge in [0.25, 0.3) is 0 Å². The van der Waals surface area contributed by atoms with Crippen molar-refractivity contribution in [2.75, 3.05) is 23.4 Å². The third kappa shape index (κ3) is 5.25. The van der Waals surface area contributed by atoms with E-state index in [1.165, 1.54) is 0 Å². The van der Waals surface area contributed by atoms with Crippen molar-refractivity contribution in [2.45, 2.75) is 26.0 Å². The van der Waals surface area contributed by atoms with Crippen LogP contribution in [-0.4, -0.2) is 21.8 Å². The molecule has 0 aliphatic carbocycles. The molecule has 5 nitrogen and oxygen atoms in total. The second-order valence-corrected chi connectivity index (χ2v) is 7.61. The van der Waals surface area contributed by atoms with Gasteiger partial charge < -0.3 is 10.1 Å². The maximum Gasteiger partial charge on any atom is 0.229 e. The van der Waals surface area contributed by atoms with Crippen molar-refractivity contribution < 1.29 is 13.2 Å². The van der Waals surface area contributed by atoms with Gasteiger partial charge >= 0.3 is 0 Å². The molecule has 2 atom stereocenters. The Hall–Kier alpha value is -2.05. The number of benzene rings is 2. The lowest BCUT2D eigenvalue weighted by molar-refractivity contribution is 0.119. The largest absolute Gasteiger partial charge is 0.379 e. The highest BCUT2D eigenvalue weighted by Crippen LogP contribution is 2.24. The fourth-order valence-electron chi connectivity index (χ4n) is 2.40. The first-order valence-electron chi connectivity index (χ1n) is 7.75. The Morgan fingerprint density at radius 2 is 1.62 bits per heavy atom. The first kappa shape index (κ1) is 18.3. The molecule has 0 fully saturated rings. The predicted octanol–water partition coefficient (Wildman–Crippen LogP) is 3.94. The summed E-state index contributed by atoms with van der Waals surface area (Å²) in [5.41, 5.74) is 3.76. The highest BCUT2D eigenvalue weighted by molar-refractivity contribution is 7.92. The molecule has 2 N–H and O–H groups in total. The lowest BCUT2D eigenvalue weighted by Gasteiger charge is -2.18. The number of anilines is 2. The van der Waals surface area contributed by atoms with Crippen molar-refractivity contribution in [2.24, 2.45) is 0 Å². The van der Waals surface area contributed by atoms with Gasteiger partial charge in [-0.1, -0.05) is 24.3 Å². The van der Waals surface area contributed by atoms with Crippen LogP contribution in [0.5, 0.6) is 0 Å². The molecule has 0 bridgehead atoms. The second-order valence-electron chi connectivity index (χ2n) is 5.87. The molecular weight excluding hydrogens is 324 g/mol. The van der Waals surface area contributed by atoms with E-state index in [-0.39, 0.29) is 12.1 Å². The van der Waals surface area contributed by atoms with E-state index in [1.807, 2.05) is 37.3 Å². The summed E-state index contributed by atoms with van der Waals surface area (Å²) in [6.45, 7) is 4.07. The van der Waals surface area contributed by atoms with E-state index in [0.29, 0.717) is 5.69 Å². The molecule has 0 heterocycles. The van der Waals surface area contributed by atoms with Gasteiger partial charge in [-0.25, -0.2) is 8.42 Å². The molecule has 0 unspecified atom stereocenters. The molecule has 0 saturated heterocycles. The minimum atomic E-state index is -3.25. The van der Waals surface area contributed by atoms with E-state index < -0.39 is 10.0 Å². The lowest BCUT2D eigenvalue weighted by Crippen LogP contribution is -2.10. The predicted molar refractivity (Wildman–Crippen MR) is 98.8 cm³/mol. The SMILES string of the molecule is CO[C@@H](C)c1cccc(N[C@H](C)c2ccc(NS(C)(=O)=O)cc2)c1. The molecule has 2 aromatic rings. The number of hydrogen-bond donors (Lipinski definition) is 2. The highest BCUT2D eigenvalue weighted by Gasteiger charge is 2.09. The van der Waals surface area contributed by atoms with Crippen LogP contribution >= 0.6 is 0 Å². The fraction of sp³-hybridized carbons (Fsp3) is 0.333. The molecular formula is C18H24N2O3S. The number of rotatable bonds is 7. The van der Waals surface area contributed by atoms with Crippen molar-refractivity contribution in [3.05, 3.63) is 59.7 Å². The minimum absolute atomic E-state index is 0.0448. The van der Waals surface area contributed by atoms with Crippen molar-refractivity contribution in [1.82, 2.24) is 0 Å². The molecule has 0 spiro atoms. The van der Waals surface area contributed by atoms with Gasteiger partial charge in [-0.15, -0.1) is 0 Å². The van der Waals surface area contributed by atoms with Crippen LogP contribution in [0, 0.1) is 0 Å². The lowest BCUT2D eigenvalue weighted by atomic mass is 10.1. The Balaban J connectivity index is 2.08. The average molecular weight is 348 g/mol. The quantitative estimate of drug-likeness (QED) is 0.795. The van der Waals surface area contributed by atoms with Crippen LogP contribution in [0.2, 0.25) is 0 Å². The zero-order chi connectivity index (χ0) is 17.7. The topological polar surface area (TPSA) is 67.4 Å². The normalized spacial score (nSPS) is 14.0. The summed E-state index contributed by atoms with van der Waals surface area (Å²) in [6.07, 6.45) is 1.18. The first-order valence-corrected chi connectivity index (χ1v) is 9.64. The van der Waals surface area contributed by atoms with E-state index in [2.05, 4.69) is 23.0 Å². The molecule has 0 aliphatic heterocycles. The minimum Gasteiger partial charge on any atom is -0.379 e. The number of ether oxygens (including phenoxy) is 1. The van der Waals surface area contributed by atoms with E-state index in [4.69, 9.17) is 4.74 Å². The molecule has 2 aromatic carbocycles. The van der Waals surface area contributed by atoms with Crippen LogP contribution in [0.25, 0.3) is 0 Å². The average Bonchev–Trinajstić information content (AvgIpc) is 2.53. The van der Waals surface area contributed by atoms with Gasteiger partial charge in [0.05, 0.1) is 12.4 Å². The maximum absolute atomic E-state index is 11.2. The van der Waals surface area contributed by atoms with Gasteiger partial charge in [0, 0.05) is 24.5 Å². The van der Waals surface area contributed by atoms with Crippen molar-refractivity contribution in [3.8, 4) is 0 Å². The van der Waals surface area contributed by atoms with Gasteiger partial charge in [0.2, 0.25) is 10.0 Å². The molecule has 130 valence electrons. The summed E-state index contributed by atoms with van der Waals surface area (Å²) >= 11 is 0. The van der Waals surface area contributed by atoms with E-state index in [0.717, 1.165) is 23.1 Å². The van der Waals surface area contributed by atoms with Gasteiger partial charge in [-0.3, -0.25) is 4.72 Å². The van der Waals surface area contributed by atoms with E-state index in [1.54, 1.807) is 19.2 Å². The summed E-state index contributed by atoms with van der Waals surface area (Å²) in [6, 6.07) is 15.6. The van der Waals surface area contributed by atoms with E-state index in [9.17, 15) is 8.42 Å². The molecule has 0 saturated carbocycles. The summed E-state index contributed by atoms with van der Waals surface area (Å²) in [4.78, 5) is 0. The van der Waals surface area contributed by atoms with Gasteiger partial charge in [0.15, 0.2) is 0 Å². The smallest absolute Gasteiger partial charge is 0.229 e. The molecule has 0 amide bonds.